The normalized spacial score (nSPS) is 17.4. The van der Waals surface area contributed by atoms with Gasteiger partial charge < -0.3 is 58.8 Å². The predicted octanol–water partition coefficient (Wildman–Crippen LogP) is 18.2. The number of benzene rings is 8. The number of hydrogen-bond donors (Lipinski definition) is 0. The van der Waals surface area contributed by atoms with Crippen molar-refractivity contribution >= 4 is 79.9 Å². The third-order valence-corrected chi connectivity index (χ3v) is 27.0. The van der Waals surface area contributed by atoms with Crippen molar-refractivity contribution in [3.63, 3.8) is 0 Å². The number of imidazole rings is 2. The van der Waals surface area contributed by atoms with Crippen molar-refractivity contribution in [2.75, 3.05) is 91.3 Å². The number of fused-ring (bicyclic) bond motifs is 4. The Morgan fingerprint density at radius 3 is 0.930 bits per heavy atom. The second-order valence-corrected chi connectivity index (χ2v) is 34.3. The topological polar surface area (TPSA) is 126 Å². The van der Waals surface area contributed by atoms with Crippen LogP contribution in [0.3, 0.4) is 0 Å². The van der Waals surface area contributed by atoms with E-state index in [1.54, 1.807) is 6.33 Å². The van der Waals surface area contributed by atoms with Crippen LogP contribution in [0.5, 0.6) is 0 Å². The minimum atomic E-state index is 0.180. The largest absolute Gasteiger partial charge is 0.359 e. The first-order valence-corrected chi connectivity index (χ1v) is 44.4. The number of para-hydroxylation sites is 10. The van der Waals surface area contributed by atoms with Crippen LogP contribution in [0, 0.1) is 34.6 Å². The maximum atomic E-state index is 4.72. The average molecular weight is 1720 g/mol. The maximum Gasteiger partial charge on any atom is 0.294 e. The molecule has 15 aromatic rings. The fourth-order valence-corrected chi connectivity index (χ4v) is 18.9. The van der Waals surface area contributed by atoms with Crippen molar-refractivity contribution in [1.82, 2.24) is 48.2 Å². The van der Waals surface area contributed by atoms with Gasteiger partial charge in [0.25, 0.3) is 11.6 Å². The van der Waals surface area contributed by atoms with E-state index in [0.29, 0.717) is 12.3 Å². The molecule has 0 N–H and O–H groups in total. The molecular formula is C105H120N24+4. The Balaban J connectivity index is 0.000000114. The molecule has 0 spiro atoms. The summed E-state index contributed by atoms with van der Waals surface area (Å²) in [6.45, 7) is 24.2. The van der Waals surface area contributed by atoms with Gasteiger partial charge in [-0.05, 0) is 190 Å². The first kappa shape index (κ1) is 86.2. The Hall–Kier alpha value is -14.9. The molecule has 0 amide bonds. The van der Waals surface area contributed by atoms with E-state index >= 15 is 0 Å². The standard InChI is InChI=1S/C27H26N4.C24H27N5.C23H26N6.C16H23N5.C15H18N4/c1-21-24(26-28(2)17-19-30(26)22-11-6-4-7-12-22)15-10-16-25(21)27-29(3)18-20-31(27)23-13-8-5-9-14-23;1-16-23(28-17(2)26(4)19-10-6-8-12-21(19)28)14-25-15-24(16)29-18(3)27(5)20-11-7-9-13-22(20)29;1-15-22(28-16(2)26(4)18-10-6-8-12-20(18)28)24-14-25-23(15)29-17(3)27(5)19-11-7-9-13-21(19)29;1-12-15(20-8-6-18(4)13(20)2)10-17-11-16(12)21-9-7-19(5)14(21)3;1-13-14(18-11-5-9-16(18)2)7-4-8-15(13)19-12-6-10-17(19)3/h4-20H,1-3H3;6-15,17-18H,1-5H3;6-14,16-17H,1-5H3;6-11,13-14H,1-5H3;4-12H,1-3H3/q+2;;;;+2/t;17-,18+;16-,17+;13-,14+;. The third kappa shape index (κ3) is 15.6. The Kier molecular flexibility index (Phi) is 23.9. The highest BCUT2D eigenvalue weighted by atomic mass is 15.5. The summed E-state index contributed by atoms with van der Waals surface area (Å²) in [4.78, 5) is 46.2. The lowest BCUT2D eigenvalue weighted by molar-refractivity contribution is -0.744. The molecule has 0 saturated heterocycles. The van der Waals surface area contributed by atoms with Gasteiger partial charge in [0.05, 0.1) is 131 Å². The smallest absolute Gasteiger partial charge is 0.294 e. The molecule has 0 saturated carbocycles. The van der Waals surface area contributed by atoms with Gasteiger partial charge in [0.1, 0.15) is 102 Å². The summed E-state index contributed by atoms with van der Waals surface area (Å²) in [6, 6.07) is 72.2. The highest BCUT2D eigenvalue weighted by Gasteiger charge is 2.40. The van der Waals surface area contributed by atoms with Gasteiger partial charge >= 0.3 is 0 Å². The predicted molar refractivity (Wildman–Crippen MR) is 523 cm³/mol. The third-order valence-electron chi connectivity index (χ3n) is 27.0. The van der Waals surface area contributed by atoms with E-state index in [9.17, 15) is 0 Å². The summed E-state index contributed by atoms with van der Waals surface area (Å²) in [7, 11) is 21.1. The average Bonchev–Trinajstić information content (AvgIpc) is 1.60. The van der Waals surface area contributed by atoms with Crippen LogP contribution in [0.2, 0.25) is 0 Å². The van der Waals surface area contributed by atoms with Crippen molar-refractivity contribution in [3.05, 3.63) is 340 Å². The summed E-state index contributed by atoms with van der Waals surface area (Å²) in [6.07, 6.45) is 36.2. The Morgan fingerprint density at radius 2 is 0.581 bits per heavy atom. The molecule has 0 bridgehead atoms. The van der Waals surface area contributed by atoms with E-state index in [-0.39, 0.29) is 24.7 Å². The molecule has 13 heterocycles. The fourth-order valence-electron chi connectivity index (χ4n) is 18.9. The summed E-state index contributed by atoms with van der Waals surface area (Å²) in [5, 5.41) is 0. The number of aromatic nitrogens is 12. The van der Waals surface area contributed by atoms with Crippen LogP contribution < -0.4 is 67.5 Å². The lowest BCUT2D eigenvalue weighted by Gasteiger charge is -2.32. The van der Waals surface area contributed by atoms with E-state index in [1.165, 1.54) is 90.3 Å². The van der Waals surface area contributed by atoms with E-state index in [2.05, 4.69) is 494 Å². The van der Waals surface area contributed by atoms with E-state index in [4.69, 9.17) is 9.97 Å². The summed E-state index contributed by atoms with van der Waals surface area (Å²) >= 11 is 0. The number of pyridine rings is 2. The SMILES string of the molecule is Cc1c(-c2n(-c3ccccc3)cc[n+]2C)cccc1-c1n(-c2ccccc2)cc[n+]1C.Cc1c(-n2ccc[n+]2C)cccc1-n1ccc[n+]1C.Cc1c(N2C=CN(C)[C@H]2C)cncc1N1C=CN(C)[C@@H]1C.Cc1c(N2c3ccccc3N(C)[C@H]2C)cncc1N1c2ccccc2N(C)[C@@H]1C.Cc1c(N2c3ccccc3N(C)[C@H]2C)ncnc1N1c2ccccc2N(C)[C@@H]1C. The van der Waals surface area contributed by atoms with Crippen molar-refractivity contribution in [1.29, 1.82) is 0 Å². The monoisotopic (exact) mass is 1720 g/mol. The molecule has 7 aromatic heterocycles. The van der Waals surface area contributed by atoms with E-state index < -0.39 is 0 Å². The van der Waals surface area contributed by atoms with Crippen LogP contribution in [0.4, 0.5) is 79.9 Å². The van der Waals surface area contributed by atoms with Crippen LogP contribution in [0.25, 0.3) is 45.5 Å². The van der Waals surface area contributed by atoms with Crippen LogP contribution in [-0.2, 0) is 28.2 Å². The molecule has 6 aliphatic heterocycles. The molecule has 8 aromatic carbocycles. The van der Waals surface area contributed by atoms with Gasteiger partial charge in [-0.15, -0.1) is 18.7 Å². The zero-order valence-corrected chi connectivity index (χ0v) is 78.1. The number of aryl methyl sites for hydroxylation is 4. The van der Waals surface area contributed by atoms with Crippen LogP contribution >= 0.6 is 0 Å². The highest BCUT2D eigenvalue weighted by molar-refractivity contribution is 5.91. The molecule has 0 radical (unpaired) electrons. The van der Waals surface area contributed by atoms with Crippen LogP contribution in [0.1, 0.15) is 69.4 Å². The minimum absolute atomic E-state index is 0.180. The second kappa shape index (κ2) is 35.8. The number of nitrogens with zero attached hydrogens (tertiary/aromatic N) is 24. The van der Waals surface area contributed by atoms with Crippen molar-refractivity contribution in [3.8, 4) is 45.5 Å². The number of rotatable bonds is 12. The molecule has 6 atom stereocenters. The molecule has 656 valence electrons. The molecule has 24 heteroatoms. The number of hydrogen-bond acceptors (Lipinski definition) is 16. The molecule has 24 nitrogen and oxygen atoms in total. The molecule has 0 unspecified atom stereocenters. The first-order valence-electron chi connectivity index (χ1n) is 44.4. The molecule has 0 aliphatic carbocycles. The Bertz CT molecular complexity index is 6080. The summed E-state index contributed by atoms with van der Waals surface area (Å²) in [5.41, 5.74) is 27.6. The van der Waals surface area contributed by atoms with Crippen LogP contribution in [0.15, 0.2) is 312 Å². The van der Waals surface area contributed by atoms with Gasteiger partial charge in [0, 0.05) is 90.3 Å². The molecule has 21 rings (SSSR count). The van der Waals surface area contributed by atoms with Crippen molar-refractivity contribution < 1.29 is 18.5 Å². The molecule has 6 aliphatic rings. The van der Waals surface area contributed by atoms with Gasteiger partial charge in [0.2, 0.25) is 0 Å². The second-order valence-electron chi connectivity index (χ2n) is 34.3. The minimum Gasteiger partial charge on any atom is -0.359 e. The quantitative estimate of drug-likeness (QED) is 0.108. The zero-order chi connectivity index (χ0) is 90.5. The summed E-state index contributed by atoms with van der Waals surface area (Å²) < 4.78 is 17.3. The molecule has 0 fully saturated rings. The van der Waals surface area contributed by atoms with Gasteiger partial charge in [-0.2, -0.15) is 9.13 Å². The zero-order valence-electron chi connectivity index (χ0n) is 78.1. The Morgan fingerprint density at radius 1 is 0.271 bits per heavy atom. The Labute approximate surface area is 759 Å². The van der Waals surface area contributed by atoms with E-state index in [1.807, 2.05) is 63.4 Å². The lowest BCUT2D eigenvalue weighted by atomic mass is 10.0. The van der Waals surface area contributed by atoms with Gasteiger partial charge in [-0.25, -0.2) is 19.1 Å². The van der Waals surface area contributed by atoms with Gasteiger partial charge in [-0.3, -0.25) is 9.97 Å². The first-order chi connectivity index (χ1) is 62.3. The fraction of sp³-hybridized carbons (Fsp3) is 0.257. The number of anilines is 14. The van der Waals surface area contributed by atoms with Gasteiger partial charge in [-0.1, -0.05) is 97.1 Å². The lowest BCUT2D eigenvalue weighted by Crippen LogP contribution is -2.38. The highest BCUT2D eigenvalue weighted by Crippen LogP contribution is 2.51. The van der Waals surface area contributed by atoms with Crippen molar-refractivity contribution in [2.24, 2.45) is 28.2 Å². The summed E-state index contributed by atoms with van der Waals surface area (Å²) in [5.74, 6) is 4.23. The van der Waals surface area contributed by atoms with Crippen molar-refractivity contribution in [2.45, 2.75) is 113 Å². The van der Waals surface area contributed by atoms with Gasteiger partial charge in [0.15, 0.2) is 26.5 Å². The van der Waals surface area contributed by atoms with Crippen LogP contribution in [-0.4, -0.2) is 128 Å². The molecular weight excluding hydrogens is 1600 g/mol. The van der Waals surface area contributed by atoms with E-state index in [0.717, 1.165) is 63.0 Å². The molecule has 129 heavy (non-hydrogen) atoms. The maximum absolute atomic E-state index is 4.72.